The Kier molecular flexibility index (Phi) is 7.09. The van der Waals surface area contributed by atoms with Gasteiger partial charge in [-0.25, -0.2) is 0 Å². The van der Waals surface area contributed by atoms with Crippen molar-refractivity contribution in [3.63, 3.8) is 0 Å². The van der Waals surface area contributed by atoms with Crippen LogP contribution in [0, 0.1) is 0 Å². The van der Waals surface area contributed by atoms with Crippen LogP contribution in [0.3, 0.4) is 0 Å². The van der Waals surface area contributed by atoms with Crippen molar-refractivity contribution < 1.29 is 27.4 Å². The third-order valence-corrected chi connectivity index (χ3v) is 5.28. The molecule has 0 saturated heterocycles. The van der Waals surface area contributed by atoms with E-state index in [2.05, 4.69) is 16.9 Å². The molecule has 0 heterocycles. The fraction of sp³-hybridized carbons (Fsp3) is 0.107. The fourth-order valence-corrected chi connectivity index (χ4v) is 3.57. The number of aldehydes is 1. The van der Waals surface area contributed by atoms with Crippen LogP contribution in [0.5, 0.6) is 5.75 Å². The van der Waals surface area contributed by atoms with Crippen LogP contribution in [0.15, 0.2) is 97.1 Å². The van der Waals surface area contributed by atoms with E-state index in [0.29, 0.717) is 23.3 Å². The first-order chi connectivity index (χ1) is 16.4. The number of hydrogen-bond acceptors (Lipinski definition) is 3. The maximum Gasteiger partial charge on any atom is 0.573 e. The normalized spacial score (nSPS) is 11.3. The first-order valence-corrected chi connectivity index (χ1v) is 10.6. The first-order valence-electron chi connectivity index (χ1n) is 10.6. The summed E-state index contributed by atoms with van der Waals surface area (Å²) in [6.45, 7) is 0.656. The topological polar surface area (TPSA) is 35.5 Å². The molecule has 0 bridgehead atoms. The van der Waals surface area contributed by atoms with Gasteiger partial charge in [0.1, 0.15) is 12.0 Å². The Labute approximate surface area is 195 Å². The second-order valence-electron chi connectivity index (χ2n) is 7.66. The maximum atomic E-state index is 12.3. The summed E-state index contributed by atoms with van der Waals surface area (Å²) in [6.07, 6.45) is -3.99. The van der Waals surface area contributed by atoms with Crippen molar-refractivity contribution in [3.05, 3.63) is 114 Å². The molecular weight excluding hydrogens is 441 g/mol. The molecular formula is C28H21F3O3. The monoisotopic (exact) mass is 462 g/mol. The molecule has 172 valence electrons. The van der Waals surface area contributed by atoms with Crippen molar-refractivity contribution in [2.45, 2.75) is 19.6 Å². The number of halogens is 3. The number of benzene rings is 4. The quantitative estimate of drug-likeness (QED) is 0.255. The van der Waals surface area contributed by atoms with Gasteiger partial charge in [-0.1, -0.05) is 78.9 Å². The molecule has 0 aliphatic carbocycles. The Morgan fingerprint density at radius 3 is 1.91 bits per heavy atom. The molecule has 0 saturated carbocycles. The van der Waals surface area contributed by atoms with Crippen LogP contribution in [0.25, 0.3) is 22.3 Å². The Morgan fingerprint density at radius 1 is 0.676 bits per heavy atom. The zero-order chi connectivity index (χ0) is 24.0. The van der Waals surface area contributed by atoms with Gasteiger partial charge < -0.3 is 9.47 Å². The summed E-state index contributed by atoms with van der Waals surface area (Å²) in [5.74, 6) is -0.298. The van der Waals surface area contributed by atoms with Crippen molar-refractivity contribution in [2.24, 2.45) is 0 Å². The molecule has 0 radical (unpaired) electrons. The number of alkyl halides is 3. The summed E-state index contributed by atoms with van der Waals surface area (Å²) in [6, 6.07) is 29.0. The SMILES string of the molecule is O=Cc1cc(-c2ccc(OC(F)(F)F)cc2)ccc1COCc1ccc(-c2ccccc2)cc1. The molecule has 0 unspecified atom stereocenters. The number of carbonyl (C=O) groups excluding carboxylic acids is 1. The van der Waals surface area contributed by atoms with E-state index in [9.17, 15) is 18.0 Å². The Balaban J connectivity index is 1.38. The standard InChI is InChI=1S/C28H21F3O3/c29-28(30,31)34-27-14-12-23(13-15-27)24-10-11-25(26(16-24)17-32)19-33-18-20-6-8-22(9-7-20)21-4-2-1-3-5-21/h1-17H,18-19H2. The van der Waals surface area contributed by atoms with Crippen LogP contribution in [0.2, 0.25) is 0 Å². The van der Waals surface area contributed by atoms with Gasteiger partial charge in [0.25, 0.3) is 0 Å². The molecule has 0 aliphatic heterocycles. The summed E-state index contributed by atoms with van der Waals surface area (Å²) >= 11 is 0. The number of carbonyl (C=O) groups is 1. The van der Waals surface area contributed by atoms with Crippen LogP contribution in [0.1, 0.15) is 21.5 Å². The lowest BCUT2D eigenvalue weighted by Crippen LogP contribution is -2.16. The lowest BCUT2D eigenvalue weighted by Gasteiger charge is -2.11. The van der Waals surface area contributed by atoms with E-state index in [1.165, 1.54) is 24.3 Å². The highest BCUT2D eigenvalue weighted by atomic mass is 19.4. The van der Waals surface area contributed by atoms with Gasteiger partial charge in [-0.3, -0.25) is 4.79 Å². The van der Waals surface area contributed by atoms with Crippen molar-refractivity contribution >= 4 is 6.29 Å². The molecule has 4 rings (SSSR count). The van der Waals surface area contributed by atoms with Crippen LogP contribution in [-0.2, 0) is 18.0 Å². The second kappa shape index (κ2) is 10.4. The highest BCUT2D eigenvalue weighted by Gasteiger charge is 2.30. The minimum Gasteiger partial charge on any atom is -0.406 e. The summed E-state index contributed by atoms with van der Waals surface area (Å²) in [5.41, 5.74) is 5.87. The van der Waals surface area contributed by atoms with E-state index in [0.717, 1.165) is 28.5 Å². The highest BCUT2D eigenvalue weighted by molar-refractivity contribution is 5.81. The van der Waals surface area contributed by atoms with Gasteiger partial charge in [0.05, 0.1) is 13.2 Å². The average molecular weight is 462 g/mol. The molecule has 0 N–H and O–H groups in total. The van der Waals surface area contributed by atoms with Crippen molar-refractivity contribution in [1.29, 1.82) is 0 Å². The van der Waals surface area contributed by atoms with Gasteiger partial charge in [-0.2, -0.15) is 0 Å². The number of rotatable bonds is 8. The second-order valence-corrected chi connectivity index (χ2v) is 7.66. The number of hydrogen-bond donors (Lipinski definition) is 0. The van der Waals surface area contributed by atoms with Gasteiger partial charge in [-0.05, 0) is 51.6 Å². The van der Waals surface area contributed by atoms with Crippen molar-refractivity contribution in [1.82, 2.24) is 0 Å². The summed E-state index contributed by atoms with van der Waals surface area (Å²) in [4.78, 5) is 11.6. The highest BCUT2D eigenvalue weighted by Crippen LogP contribution is 2.28. The zero-order valence-electron chi connectivity index (χ0n) is 18.1. The average Bonchev–Trinajstić information content (AvgIpc) is 2.85. The molecule has 0 fully saturated rings. The van der Waals surface area contributed by atoms with Crippen LogP contribution < -0.4 is 4.74 Å². The summed E-state index contributed by atoms with van der Waals surface area (Å²) in [7, 11) is 0. The molecule has 0 aliphatic rings. The minimum atomic E-state index is -4.74. The fourth-order valence-electron chi connectivity index (χ4n) is 3.57. The lowest BCUT2D eigenvalue weighted by atomic mass is 10.00. The van der Waals surface area contributed by atoms with Gasteiger partial charge in [-0.15, -0.1) is 13.2 Å². The lowest BCUT2D eigenvalue weighted by molar-refractivity contribution is -0.274. The smallest absolute Gasteiger partial charge is 0.406 e. The Hall–Kier alpha value is -3.90. The molecule has 4 aromatic rings. The van der Waals surface area contributed by atoms with E-state index < -0.39 is 6.36 Å². The predicted molar refractivity (Wildman–Crippen MR) is 124 cm³/mol. The van der Waals surface area contributed by atoms with Gasteiger partial charge in [0, 0.05) is 5.56 Å². The summed E-state index contributed by atoms with van der Waals surface area (Å²) in [5, 5.41) is 0. The van der Waals surface area contributed by atoms with E-state index in [4.69, 9.17) is 4.74 Å². The predicted octanol–water partition coefficient (Wildman–Crippen LogP) is 7.45. The largest absolute Gasteiger partial charge is 0.573 e. The van der Waals surface area contributed by atoms with Crippen LogP contribution in [-0.4, -0.2) is 12.6 Å². The van der Waals surface area contributed by atoms with E-state index >= 15 is 0 Å². The van der Waals surface area contributed by atoms with E-state index in [1.807, 2.05) is 42.5 Å². The molecule has 0 atom stereocenters. The van der Waals surface area contributed by atoms with Crippen LogP contribution >= 0.6 is 0 Å². The maximum absolute atomic E-state index is 12.3. The van der Waals surface area contributed by atoms with Crippen LogP contribution in [0.4, 0.5) is 13.2 Å². The van der Waals surface area contributed by atoms with E-state index in [-0.39, 0.29) is 12.4 Å². The zero-order valence-corrected chi connectivity index (χ0v) is 18.1. The third kappa shape index (κ3) is 6.11. The third-order valence-electron chi connectivity index (χ3n) is 5.28. The van der Waals surface area contributed by atoms with Gasteiger partial charge >= 0.3 is 6.36 Å². The molecule has 0 spiro atoms. The number of ether oxygens (including phenoxy) is 2. The molecule has 0 aromatic heterocycles. The molecule has 4 aromatic carbocycles. The molecule has 0 amide bonds. The summed E-state index contributed by atoms with van der Waals surface area (Å²) < 4.78 is 46.7. The molecule has 3 nitrogen and oxygen atoms in total. The van der Waals surface area contributed by atoms with Crippen molar-refractivity contribution in [3.8, 4) is 28.0 Å². The Morgan fingerprint density at radius 2 is 1.26 bits per heavy atom. The molecule has 6 heteroatoms. The minimum absolute atomic E-state index is 0.257. The van der Waals surface area contributed by atoms with Gasteiger partial charge in [0.2, 0.25) is 0 Å². The first kappa shape index (κ1) is 23.3. The Bertz CT molecular complexity index is 1230. The molecule has 34 heavy (non-hydrogen) atoms. The van der Waals surface area contributed by atoms with E-state index in [1.54, 1.807) is 18.2 Å². The van der Waals surface area contributed by atoms with Crippen molar-refractivity contribution in [2.75, 3.05) is 0 Å². The van der Waals surface area contributed by atoms with Gasteiger partial charge in [0.15, 0.2) is 0 Å².